The van der Waals surface area contributed by atoms with Crippen LogP contribution in [-0.2, 0) is 0 Å². The minimum atomic E-state index is -0.0446. The van der Waals surface area contributed by atoms with Crippen LogP contribution in [0, 0.1) is 0 Å². The van der Waals surface area contributed by atoms with Crippen LogP contribution in [0.15, 0.2) is 22.8 Å². The predicted molar refractivity (Wildman–Crippen MR) is 69.3 cm³/mol. The standard InChI is InChI=1S/C11H16N6O/c1-7(8-5-4-6-18-8)13-10-14-9(12)15-11(16-10)17(2)3/h4-7H,1-3H3,(H3,12,13,14,15,16). The van der Waals surface area contributed by atoms with Crippen molar-refractivity contribution in [3.63, 3.8) is 0 Å². The number of nitrogens with zero attached hydrogens (tertiary/aromatic N) is 4. The summed E-state index contributed by atoms with van der Waals surface area (Å²) in [4.78, 5) is 14.1. The average Bonchev–Trinajstić information content (AvgIpc) is 2.81. The number of furan rings is 1. The van der Waals surface area contributed by atoms with E-state index >= 15 is 0 Å². The van der Waals surface area contributed by atoms with Crippen molar-refractivity contribution < 1.29 is 4.42 Å². The van der Waals surface area contributed by atoms with Gasteiger partial charge in [-0.15, -0.1) is 0 Å². The topological polar surface area (TPSA) is 93.1 Å². The van der Waals surface area contributed by atoms with Gasteiger partial charge in [0.05, 0.1) is 12.3 Å². The lowest BCUT2D eigenvalue weighted by Crippen LogP contribution is -2.17. The molecule has 2 aromatic heterocycles. The molecule has 0 amide bonds. The zero-order valence-corrected chi connectivity index (χ0v) is 10.6. The fourth-order valence-electron chi connectivity index (χ4n) is 1.45. The second-order valence-corrected chi connectivity index (χ2v) is 4.09. The van der Waals surface area contributed by atoms with Gasteiger partial charge in [0, 0.05) is 14.1 Å². The predicted octanol–water partition coefficient (Wildman–Crippen LogP) is 1.29. The van der Waals surface area contributed by atoms with Gasteiger partial charge < -0.3 is 20.4 Å². The number of anilines is 3. The van der Waals surface area contributed by atoms with Gasteiger partial charge in [0.2, 0.25) is 17.8 Å². The van der Waals surface area contributed by atoms with E-state index in [2.05, 4.69) is 20.3 Å². The van der Waals surface area contributed by atoms with Crippen molar-refractivity contribution in [2.24, 2.45) is 0 Å². The number of aromatic nitrogens is 3. The van der Waals surface area contributed by atoms with E-state index in [1.54, 1.807) is 11.2 Å². The van der Waals surface area contributed by atoms with E-state index in [1.807, 2.05) is 33.2 Å². The van der Waals surface area contributed by atoms with Crippen molar-refractivity contribution >= 4 is 17.8 Å². The molecule has 0 saturated carbocycles. The summed E-state index contributed by atoms with van der Waals surface area (Å²) in [5, 5.41) is 3.12. The van der Waals surface area contributed by atoms with Crippen molar-refractivity contribution in [2.45, 2.75) is 13.0 Å². The molecule has 0 radical (unpaired) electrons. The number of nitrogen functional groups attached to an aromatic ring is 1. The van der Waals surface area contributed by atoms with E-state index in [0.717, 1.165) is 5.76 Å². The monoisotopic (exact) mass is 248 g/mol. The third kappa shape index (κ3) is 2.68. The van der Waals surface area contributed by atoms with Crippen LogP contribution in [0.1, 0.15) is 18.7 Å². The zero-order chi connectivity index (χ0) is 13.1. The molecule has 3 N–H and O–H groups in total. The summed E-state index contributed by atoms with van der Waals surface area (Å²) in [7, 11) is 3.68. The van der Waals surface area contributed by atoms with Crippen LogP contribution in [-0.4, -0.2) is 29.0 Å². The summed E-state index contributed by atoms with van der Waals surface area (Å²) in [6.07, 6.45) is 1.63. The van der Waals surface area contributed by atoms with Crippen LogP contribution in [0.25, 0.3) is 0 Å². The highest BCUT2D eigenvalue weighted by atomic mass is 16.3. The van der Waals surface area contributed by atoms with Gasteiger partial charge in [0.25, 0.3) is 0 Å². The van der Waals surface area contributed by atoms with Gasteiger partial charge in [0.1, 0.15) is 5.76 Å². The van der Waals surface area contributed by atoms with E-state index in [0.29, 0.717) is 11.9 Å². The highest BCUT2D eigenvalue weighted by molar-refractivity contribution is 5.41. The van der Waals surface area contributed by atoms with Crippen LogP contribution in [0.4, 0.5) is 17.8 Å². The molecule has 2 rings (SSSR count). The Bertz CT molecular complexity index is 510. The van der Waals surface area contributed by atoms with Crippen LogP contribution >= 0.6 is 0 Å². The molecule has 0 aliphatic carbocycles. The molecule has 1 unspecified atom stereocenters. The molecule has 0 aromatic carbocycles. The van der Waals surface area contributed by atoms with E-state index in [9.17, 15) is 0 Å². The molecule has 0 saturated heterocycles. The fourth-order valence-corrected chi connectivity index (χ4v) is 1.45. The van der Waals surface area contributed by atoms with Crippen molar-refractivity contribution in [1.82, 2.24) is 15.0 Å². The summed E-state index contributed by atoms with van der Waals surface area (Å²) in [5.74, 6) is 1.93. The van der Waals surface area contributed by atoms with Crippen LogP contribution in [0.2, 0.25) is 0 Å². The van der Waals surface area contributed by atoms with Gasteiger partial charge >= 0.3 is 0 Å². The third-order valence-corrected chi connectivity index (χ3v) is 2.36. The second kappa shape index (κ2) is 4.91. The van der Waals surface area contributed by atoms with Crippen LogP contribution in [0.5, 0.6) is 0 Å². The number of rotatable bonds is 4. The molecule has 0 aliphatic rings. The summed E-state index contributed by atoms with van der Waals surface area (Å²) < 4.78 is 5.30. The molecule has 2 heterocycles. The molecule has 7 heteroatoms. The van der Waals surface area contributed by atoms with Gasteiger partial charge in [0.15, 0.2) is 0 Å². The Kier molecular flexibility index (Phi) is 3.31. The fraction of sp³-hybridized carbons (Fsp3) is 0.364. The van der Waals surface area contributed by atoms with Gasteiger partial charge in [-0.3, -0.25) is 0 Å². The van der Waals surface area contributed by atoms with Gasteiger partial charge in [-0.25, -0.2) is 0 Å². The Morgan fingerprint density at radius 3 is 2.72 bits per heavy atom. The molecule has 0 fully saturated rings. The molecule has 96 valence electrons. The first kappa shape index (κ1) is 12.2. The number of nitrogens with one attached hydrogen (secondary N) is 1. The van der Waals surface area contributed by atoms with Crippen LogP contribution in [0.3, 0.4) is 0 Å². The third-order valence-electron chi connectivity index (χ3n) is 2.36. The Morgan fingerprint density at radius 1 is 1.33 bits per heavy atom. The number of hydrogen-bond donors (Lipinski definition) is 2. The first-order valence-electron chi connectivity index (χ1n) is 5.55. The average molecular weight is 248 g/mol. The Labute approximate surface area is 105 Å². The lowest BCUT2D eigenvalue weighted by Gasteiger charge is -2.14. The van der Waals surface area contributed by atoms with Gasteiger partial charge in [-0.1, -0.05) is 0 Å². The molecule has 1 atom stereocenters. The largest absolute Gasteiger partial charge is 0.467 e. The molecule has 2 aromatic rings. The second-order valence-electron chi connectivity index (χ2n) is 4.09. The van der Waals surface area contributed by atoms with E-state index in [1.165, 1.54) is 0 Å². The first-order valence-corrected chi connectivity index (χ1v) is 5.55. The number of hydrogen-bond acceptors (Lipinski definition) is 7. The summed E-state index contributed by atoms with van der Waals surface area (Å²) in [5.41, 5.74) is 5.64. The number of nitrogens with two attached hydrogens (primary N) is 1. The van der Waals surface area contributed by atoms with Crippen molar-refractivity contribution in [3.8, 4) is 0 Å². The highest BCUT2D eigenvalue weighted by Crippen LogP contribution is 2.18. The summed E-state index contributed by atoms with van der Waals surface area (Å²) in [6, 6.07) is 3.67. The SMILES string of the molecule is CC(Nc1nc(N)nc(N(C)C)n1)c1ccco1. The van der Waals surface area contributed by atoms with Crippen LogP contribution < -0.4 is 16.0 Å². The zero-order valence-electron chi connectivity index (χ0n) is 10.6. The first-order chi connectivity index (χ1) is 8.56. The molecular weight excluding hydrogens is 232 g/mol. The molecular formula is C11H16N6O. The van der Waals surface area contributed by atoms with Crippen molar-refractivity contribution in [1.29, 1.82) is 0 Å². The summed E-state index contributed by atoms with van der Waals surface area (Å²) >= 11 is 0. The van der Waals surface area contributed by atoms with E-state index in [-0.39, 0.29) is 12.0 Å². The summed E-state index contributed by atoms with van der Waals surface area (Å²) in [6.45, 7) is 1.95. The minimum absolute atomic E-state index is 0.0446. The lowest BCUT2D eigenvalue weighted by atomic mass is 10.2. The van der Waals surface area contributed by atoms with Gasteiger partial charge in [-0.2, -0.15) is 15.0 Å². The highest BCUT2D eigenvalue weighted by Gasteiger charge is 2.12. The van der Waals surface area contributed by atoms with E-state index < -0.39 is 0 Å². The lowest BCUT2D eigenvalue weighted by molar-refractivity contribution is 0.489. The molecule has 0 aliphatic heterocycles. The Hall–Kier alpha value is -2.31. The van der Waals surface area contributed by atoms with Crippen molar-refractivity contribution in [2.75, 3.05) is 30.0 Å². The molecule has 18 heavy (non-hydrogen) atoms. The molecule has 0 bridgehead atoms. The van der Waals surface area contributed by atoms with Crippen molar-refractivity contribution in [3.05, 3.63) is 24.2 Å². The normalized spacial score (nSPS) is 12.2. The maximum atomic E-state index is 5.64. The smallest absolute Gasteiger partial charge is 0.231 e. The Balaban J connectivity index is 2.18. The maximum absolute atomic E-state index is 5.64. The maximum Gasteiger partial charge on any atom is 0.231 e. The quantitative estimate of drug-likeness (QED) is 0.841. The molecule has 0 spiro atoms. The minimum Gasteiger partial charge on any atom is -0.467 e. The molecule has 7 nitrogen and oxygen atoms in total. The van der Waals surface area contributed by atoms with E-state index in [4.69, 9.17) is 10.2 Å². The Morgan fingerprint density at radius 2 is 2.11 bits per heavy atom. The van der Waals surface area contributed by atoms with Gasteiger partial charge in [-0.05, 0) is 19.1 Å².